The Kier molecular flexibility index (Phi) is 8.04. The van der Waals surface area contributed by atoms with Gasteiger partial charge in [0.15, 0.2) is 6.61 Å². The van der Waals surface area contributed by atoms with Crippen molar-refractivity contribution < 1.29 is 18.7 Å². The molecule has 2 aromatic carbocycles. The molecule has 0 spiro atoms. The van der Waals surface area contributed by atoms with Gasteiger partial charge in [-0.05, 0) is 55.5 Å². The second-order valence-electron chi connectivity index (χ2n) is 8.12. The van der Waals surface area contributed by atoms with Crippen LogP contribution in [0.1, 0.15) is 50.2 Å². The third-order valence-electron chi connectivity index (χ3n) is 5.80. The first-order valence-corrected chi connectivity index (χ1v) is 11.0. The predicted molar refractivity (Wildman–Crippen MR) is 118 cm³/mol. The lowest BCUT2D eigenvalue weighted by Crippen LogP contribution is -2.52. The molecular weight excluding hydrogens is 395 g/mol. The van der Waals surface area contributed by atoms with Crippen LogP contribution in [-0.4, -0.2) is 35.4 Å². The van der Waals surface area contributed by atoms with E-state index < -0.39 is 6.04 Å². The molecule has 0 radical (unpaired) electrons. The predicted octanol–water partition coefficient (Wildman–Crippen LogP) is 4.38. The summed E-state index contributed by atoms with van der Waals surface area (Å²) in [7, 11) is 0. The lowest BCUT2D eigenvalue weighted by Gasteiger charge is -2.31. The molecule has 3 rings (SSSR count). The van der Waals surface area contributed by atoms with Crippen molar-refractivity contribution in [2.45, 2.75) is 64.6 Å². The molecular formula is C25H31FN2O3. The highest BCUT2D eigenvalue weighted by Gasteiger charge is 2.30. The fourth-order valence-electron chi connectivity index (χ4n) is 4.01. The molecule has 1 aliphatic carbocycles. The zero-order valence-electron chi connectivity index (χ0n) is 18.3. The molecule has 0 heterocycles. The normalized spacial score (nSPS) is 14.8. The van der Waals surface area contributed by atoms with Crippen LogP contribution >= 0.6 is 0 Å². The van der Waals surface area contributed by atoms with Gasteiger partial charge in [-0.2, -0.15) is 0 Å². The number of carbonyl (C=O) groups is 2. The topological polar surface area (TPSA) is 58.6 Å². The minimum atomic E-state index is -0.612. The van der Waals surface area contributed by atoms with Crippen LogP contribution in [0.25, 0.3) is 0 Å². The molecule has 5 nitrogen and oxygen atoms in total. The van der Waals surface area contributed by atoms with Gasteiger partial charge in [-0.15, -0.1) is 0 Å². The molecule has 166 valence electrons. The average Bonchev–Trinajstić information content (AvgIpc) is 3.27. The maximum atomic E-state index is 13.3. The molecule has 1 aliphatic rings. The van der Waals surface area contributed by atoms with Crippen LogP contribution in [0.15, 0.2) is 48.5 Å². The minimum absolute atomic E-state index is 0.138. The third kappa shape index (κ3) is 6.29. The van der Waals surface area contributed by atoms with Crippen LogP contribution in [0, 0.1) is 12.7 Å². The summed E-state index contributed by atoms with van der Waals surface area (Å²) in [6, 6.07) is 13.1. The average molecular weight is 427 g/mol. The molecule has 0 aromatic heterocycles. The van der Waals surface area contributed by atoms with Gasteiger partial charge in [-0.25, -0.2) is 4.39 Å². The summed E-state index contributed by atoms with van der Waals surface area (Å²) >= 11 is 0. The maximum absolute atomic E-state index is 13.3. The largest absolute Gasteiger partial charge is 0.484 e. The number of halogens is 1. The van der Waals surface area contributed by atoms with Crippen molar-refractivity contribution in [3.63, 3.8) is 0 Å². The SMILES string of the molecule is CC[C@H](C(=O)NC1CCCC1)N(Cc1ccc(F)cc1)C(=O)COc1ccccc1C. The second-order valence-corrected chi connectivity index (χ2v) is 8.12. The lowest BCUT2D eigenvalue weighted by molar-refractivity contribution is -0.143. The number of rotatable bonds is 9. The number of amides is 2. The van der Waals surface area contributed by atoms with E-state index in [2.05, 4.69) is 5.32 Å². The first kappa shape index (κ1) is 22.8. The summed E-state index contributed by atoms with van der Waals surface area (Å²) in [5.41, 5.74) is 1.70. The fraction of sp³-hybridized carbons (Fsp3) is 0.440. The molecule has 1 atom stereocenters. The van der Waals surface area contributed by atoms with Crippen LogP contribution < -0.4 is 10.1 Å². The summed E-state index contributed by atoms with van der Waals surface area (Å²) < 4.78 is 19.1. The Morgan fingerprint density at radius 1 is 1.13 bits per heavy atom. The van der Waals surface area contributed by atoms with E-state index in [0.717, 1.165) is 36.8 Å². The van der Waals surface area contributed by atoms with Crippen LogP contribution in [0.4, 0.5) is 4.39 Å². The Hall–Kier alpha value is -2.89. The minimum Gasteiger partial charge on any atom is -0.484 e. The number of para-hydroxylation sites is 1. The van der Waals surface area contributed by atoms with E-state index >= 15 is 0 Å². The molecule has 1 saturated carbocycles. The molecule has 6 heteroatoms. The maximum Gasteiger partial charge on any atom is 0.261 e. The first-order valence-electron chi connectivity index (χ1n) is 11.0. The van der Waals surface area contributed by atoms with Crippen molar-refractivity contribution in [3.8, 4) is 5.75 Å². The van der Waals surface area contributed by atoms with Gasteiger partial charge in [0.05, 0.1) is 0 Å². The molecule has 0 unspecified atom stereocenters. The highest BCUT2D eigenvalue weighted by molar-refractivity contribution is 5.88. The van der Waals surface area contributed by atoms with Gasteiger partial charge in [0.1, 0.15) is 17.6 Å². The first-order chi connectivity index (χ1) is 15.0. The van der Waals surface area contributed by atoms with E-state index in [1.54, 1.807) is 17.0 Å². The van der Waals surface area contributed by atoms with Gasteiger partial charge in [0.25, 0.3) is 5.91 Å². The number of hydrogen-bond donors (Lipinski definition) is 1. The quantitative estimate of drug-likeness (QED) is 0.647. The standard InChI is InChI=1S/C25H31FN2O3/c1-3-22(25(30)27-21-9-5-6-10-21)28(16-19-12-14-20(26)15-13-19)24(29)17-31-23-11-7-4-8-18(23)2/h4,7-8,11-15,21-22H,3,5-6,9-10,16-17H2,1-2H3,(H,27,30)/t22-/m1/s1. The number of ether oxygens (including phenoxy) is 1. The summed E-state index contributed by atoms with van der Waals surface area (Å²) in [6.45, 7) is 3.86. The van der Waals surface area contributed by atoms with Gasteiger partial charge in [-0.1, -0.05) is 50.1 Å². The van der Waals surface area contributed by atoms with Gasteiger partial charge < -0.3 is 15.0 Å². The fourth-order valence-corrected chi connectivity index (χ4v) is 4.01. The van der Waals surface area contributed by atoms with Crippen LogP contribution in [0.5, 0.6) is 5.75 Å². The Morgan fingerprint density at radius 2 is 1.81 bits per heavy atom. The lowest BCUT2D eigenvalue weighted by atomic mass is 10.1. The summed E-state index contributed by atoms with van der Waals surface area (Å²) in [5, 5.41) is 3.11. The van der Waals surface area contributed by atoms with Crippen molar-refractivity contribution >= 4 is 11.8 Å². The van der Waals surface area contributed by atoms with Crippen molar-refractivity contribution in [3.05, 3.63) is 65.5 Å². The number of benzene rings is 2. The van der Waals surface area contributed by atoms with Gasteiger partial charge >= 0.3 is 0 Å². The number of nitrogens with one attached hydrogen (secondary N) is 1. The Bertz CT molecular complexity index is 879. The Labute approximate surface area is 183 Å². The molecule has 0 bridgehead atoms. The van der Waals surface area contributed by atoms with E-state index in [4.69, 9.17) is 4.74 Å². The summed E-state index contributed by atoms with van der Waals surface area (Å²) in [5.74, 6) is -0.113. The zero-order chi connectivity index (χ0) is 22.2. The molecule has 1 N–H and O–H groups in total. The number of aryl methyl sites for hydroxylation is 1. The summed E-state index contributed by atoms with van der Waals surface area (Å²) in [6.07, 6.45) is 4.67. The van der Waals surface area contributed by atoms with Crippen LogP contribution in [-0.2, 0) is 16.1 Å². The monoisotopic (exact) mass is 426 g/mol. The number of hydrogen-bond acceptors (Lipinski definition) is 3. The Balaban J connectivity index is 1.76. The van der Waals surface area contributed by atoms with Crippen LogP contribution in [0.3, 0.4) is 0 Å². The molecule has 1 fully saturated rings. The molecule has 2 aromatic rings. The summed E-state index contributed by atoms with van der Waals surface area (Å²) in [4.78, 5) is 27.8. The van der Waals surface area contributed by atoms with Crippen molar-refractivity contribution in [2.24, 2.45) is 0 Å². The highest BCUT2D eigenvalue weighted by atomic mass is 19.1. The second kappa shape index (κ2) is 10.9. The van der Waals surface area contributed by atoms with Gasteiger partial charge in [0.2, 0.25) is 5.91 Å². The molecule has 31 heavy (non-hydrogen) atoms. The van der Waals surface area contributed by atoms with E-state index in [9.17, 15) is 14.0 Å². The van der Waals surface area contributed by atoms with E-state index in [0.29, 0.717) is 12.2 Å². The number of nitrogens with zero attached hydrogens (tertiary/aromatic N) is 1. The van der Waals surface area contributed by atoms with Gasteiger partial charge in [-0.3, -0.25) is 9.59 Å². The number of carbonyl (C=O) groups excluding carboxylic acids is 2. The zero-order valence-corrected chi connectivity index (χ0v) is 18.3. The third-order valence-corrected chi connectivity index (χ3v) is 5.80. The van der Waals surface area contributed by atoms with E-state index in [1.807, 2.05) is 38.1 Å². The van der Waals surface area contributed by atoms with Gasteiger partial charge in [0, 0.05) is 12.6 Å². The molecule has 2 amide bonds. The van der Waals surface area contributed by atoms with E-state index in [-0.39, 0.29) is 36.8 Å². The smallest absolute Gasteiger partial charge is 0.261 e. The van der Waals surface area contributed by atoms with Crippen molar-refractivity contribution in [2.75, 3.05) is 6.61 Å². The van der Waals surface area contributed by atoms with Crippen molar-refractivity contribution in [1.29, 1.82) is 0 Å². The highest BCUT2D eigenvalue weighted by Crippen LogP contribution is 2.20. The van der Waals surface area contributed by atoms with Crippen molar-refractivity contribution in [1.82, 2.24) is 10.2 Å². The molecule has 0 saturated heterocycles. The van der Waals surface area contributed by atoms with E-state index in [1.165, 1.54) is 12.1 Å². The van der Waals surface area contributed by atoms with Crippen LogP contribution in [0.2, 0.25) is 0 Å². The Morgan fingerprint density at radius 3 is 2.45 bits per heavy atom. The molecule has 0 aliphatic heterocycles.